The predicted octanol–water partition coefficient (Wildman–Crippen LogP) is 4.12. The molecule has 28 heavy (non-hydrogen) atoms. The first kappa shape index (κ1) is 19.3. The number of thiophene rings is 1. The summed E-state index contributed by atoms with van der Waals surface area (Å²) in [7, 11) is -0.423. The number of sulfonamides is 1. The molecule has 1 aliphatic carbocycles. The Morgan fingerprint density at radius 3 is 2.79 bits per heavy atom. The van der Waals surface area contributed by atoms with Crippen LogP contribution in [0.15, 0.2) is 29.2 Å². The first-order valence-electron chi connectivity index (χ1n) is 9.34. The Balaban J connectivity index is 1.79. The molecule has 0 unspecified atom stereocenters. The second kappa shape index (κ2) is 7.09. The molecule has 0 fully saturated rings. The van der Waals surface area contributed by atoms with E-state index in [1.54, 1.807) is 29.5 Å². The summed E-state index contributed by atoms with van der Waals surface area (Å²) >= 11 is 1.76. The van der Waals surface area contributed by atoms with Gasteiger partial charge in [0.25, 0.3) is 0 Å². The second-order valence-electron chi connectivity index (χ2n) is 7.59. The van der Waals surface area contributed by atoms with Crippen LogP contribution in [-0.2, 0) is 22.9 Å². The van der Waals surface area contributed by atoms with E-state index in [4.69, 9.17) is 0 Å². The minimum absolute atomic E-state index is 0.255. The number of anilines is 2. The average molecular weight is 417 g/mol. The summed E-state index contributed by atoms with van der Waals surface area (Å²) in [6.07, 6.45) is 3.29. The van der Waals surface area contributed by atoms with Gasteiger partial charge in [-0.15, -0.1) is 11.3 Å². The van der Waals surface area contributed by atoms with Gasteiger partial charge in [0.1, 0.15) is 16.5 Å². The Labute approximate surface area is 169 Å². The van der Waals surface area contributed by atoms with Gasteiger partial charge in [-0.1, -0.05) is 13.0 Å². The quantitative estimate of drug-likeness (QED) is 0.692. The van der Waals surface area contributed by atoms with Gasteiger partial charge in [-0.3, -0.25) is 0 Å². The van der Waals surface area contributed by atoms with Gasteiger partial charge in [-0.25, -0.2) is 22.7 Å². The molecule has 1 N–H and O–H groups in total. The Morgan fingerprint density at radius 2 is 2.04 bits per heavy atom. The molecule has 1 aliphatic rings. The van der Waals surface area contributed by atoms with Crippen molar-refractivity contribution in [1.82, 2.24) is 14.3 Å². The third-order valence-corrected chi connectivity index (χ3v) is 8.10. The van der Waals surface area contributed by atoms with Crippen molar-refractivity contribution in [2.45, 2.75) is 38.0 Å². The minimum atomic E-state index is -3.49. The molecular formula is C20H24N4O2S2. The lowest BCUT2D eigenvalue weighted by atomic mass is 9.89. The summed E-state index contributed by atoms with van der Waals surface area (Å²) in [5.74, 6) is 2.16. The summed E-state index contributed by atoms with van der Waals surface area (Å²) in [5, 5.41) is 4.44. The molecule has 148 valence electrons. The highest BCUT2D eigenvalue weighted by Crippen LogP contribution is 2.40. The van der Waals surface area contributed by atoms with Crippen molar-refractivity contribution in [1.29, 1.82) is 0 Å². The summed E-state index contributed by atoms with van der Waals surface area (Å²) in [6, 6.07) is 6.86. The zero-order valence-corrected chi connectivity index (χ0v) is 18.1. The normalized spacial score (nSPS) is 17.1. The van der Waals surface area contributed by atoms with E-state index in [2.05, 4.69) is 22.2 Å². The summed E-state index contributed by atoms with van der Waals surface area (Å²) in [6.45, 7) is 4.18. The fraction of sp³-hybridized carbons (Fsp3) is 0.400. The molecule has 6 nitrogen and oxygen atoms in total. The number of nitrogens with one attached hydrogen (secondary N) is 1. The van der Waals surface area contributed by atoms with Crippen molar-refractivity contribution in [3.63, 3.8) is 0 Å². The van der Waals surface area contributed by atoms with Gasteiger partial charge >= 0.3 is 0 Å². The fourth-order valence-electron chi connectivity index (χ4n) is 3.62. The Morgan fingerprint density at radius 1 is 1.25 bits per heavy atom. The highest BCUT2D eigenvalue weighted by molar-refractivity contribution is 7.89. The van der Waals surface area contributed by atoms with E-state index in [0.717, 1.165) is 28.9 Å². The largest absolute Gasteiger partial charge is 0.340 e. The predicted molar refractivity (Wildman–Crippen MR) is 114 cm³/mol. The number of aryl methyl sites for hydroxylation is 2. The van der Waals surface area contributed by atoms with E-state index in [0.29, 0.717) is 17.4 Å². The van der Waals surface area contributed by atoms with Gasteiger partial charge in [-0.2, -0.15) is 0 Å². The molecule has 0 spiro atoms. The topological polar surface area (TPSA) is 75.2 Å². The Hall–Kier alpha value is -2.03. The monoisotopic (exact) mass is 416 g/mol. The summed E-state index contributed by atoms with van der Waals surface area (Å²) in [5.41, 5.74) is 2.05. The Bertz CT molecular complexity index is 1150. The van der Waals surface area contributed by atoms with Crippen molar-refractivity contribution in [3.8, 4) is 0 Å². The molecule has 0 radical (unpaired) electrons. The second-order valence-corrected chi connectivity index (χ2v) is 10.8. The number of fused-ring (bicyclic) bond motifs is 3. The van der Waals surface area contributed by atoms with Crippen molar-refractivity contribution in [3.05, 3.63) is 40.5 Å². The van der Waals surface area contributed by atoms with Crippen molar-refractivity contribution < 1.29 is 8.42 Å². The maximum atomic E-state index is 12.5. The van der Waals surface area contributed by atoms with Crippen LogP contribution in [0.5, 0.6) is 0 Å². The van der Waals surface area contributed by atoms with Gasteiger partial charge < -0.3 is 5.32 Å². The molecule has 0 saturated heterocycles. The van der Waals surface area contributed by atoms with E-state index in [1.165, 1.54) is 35.3 Å². The van der Waals surface area contributed by atoms with Crippen LogP contribution >= 0.6 is 11.3 Å². The van der Waals surface area contributed by atoms with E-state index in [-0.39, 0.29) is 4.90 Å². The minimum Gasteiger partial charge on any atom is -0.340 e. The van der Waals surface area contributed by atoms with Crippen LogP contribution in [0.1, 0.15) is 29.6 Å². The lowest BCUT2D eigenvalue weighted by Crippen LogP contribution is -2.22. The molecule has 3 aromatic rings. The lowest BCUT2D eigenvalue weighted by Gasteiger charge is -2.18. The van der Waals surface area contributed by atoms with E-state index < -0.39 is 10.0 Å². The van der Waals surface area contributed by atoms with Crippen molar-refractivity contribution in [2.24, 2.45) is 5.92 Å². The third-order valence-electron chi connectivity index (χ3n) is 5.14. The molecule has 0 aliphatic heterocycles. The van der Waals surface area contributed by atoms with E-state index in [1.807, 2.05) is 13.0 Å². The van der Waals surface area contributed by atoms with E-state index >= 15 is 0 Å². The van der Waals surface area contributed by atoms with Crippen LogP contribution in [-0.4, -0.2) is 36.8 Å². The van der Waals surface area contributed by atoms with Gasteiger partial charge in [0.05, 0.1) is 10.3 Å². The number of hydrogen-bond donors (Lipinski definition) is 1. The molecule has 4 rings (SSSR count). The zero-order valence-electron chi connectivity index (χ0n) is 16.5. The maximum absolute atomic E-state index is 12.5. The summed E-state index contributed by atoms with van der Waals surface area (Å²) < 4.78 is 26.1. The molecule has 1 atom stereocenters. The molecule has 2 aromatic heterocycles. The van der Waals surface area contributed by atoms with Crippen LogP contribution in [0.25, 0.3) is 10.2 Å². The van der Waals surface area contributed by atoms with Crippen molar-refractivity contribution >= 4 is 43.1 Å². The highest BCUT2D eigenvalue weighted by atomic mass is 32.2. The standard InChI is InChI=1S/C20H24N4O2S2/c1-12-8-9-16-17(10-12)27-20-18(16)19(21-13(2)22-20)23-14-6-5-7-15(11-14)28(25,26)24(3)4/h5-7,11-12H,8-10H2,1-4H3,(H,21,22,23)/t12-/m1/s1. The number of benzene rings is 1. The number of hydrogen-bond acceptors (Lipinski definition) is 6. The smallest absolute Gasteiger partial charge is 0.242 e. The molecule has 1 aromatic carbocycles. The lowest BCUT2D eigenvalue weighted by molar-refractivity contribution is 0.509. The zero-order chi connectivity index (χ0) is 20.1. The average Bonchev–Trinajstić information content (AvgIpc) is 2.98. The molecule has 0 bridgehead atoms. The van der Waals surface area contributed by atoms with Gasteiger partial charge in [0, 0.05) is 24.7 Å². The first-order chi connectivity index (χ1) is 13.3. The molecule has 0 saturated carbocycles. The fourth-order valence-corrected chi connectivity index (χ4v) is 6.00. The summed E-state index contributed by atoms with van der Waals surface area (Å²) in [4.78, 5) is 12.0. The Kier molecular flexibility index (Phi) is 4.89. The van der Waals surface area contributed by atoms with Crippen LogP contribution < -0.4 is 5.32 Å². The third kappa shape index (κ3) is 3.40. The molecule has 8 heteroatoms. The van der Waals surface area contributed by atoms with Crippen LogP contribution in [0.2, 0.25) is 0 Å². The van der Waals surface area contributed by atoms with Crippen molar-refractivity contribution in [2.75, 3.05) is 19.4 Å². The molecule has 0 amide bonds. The van der Waals surface area contributed by atoms with Crippen LogP contribution in [0.3, 0.4) is 0 Å². The molecule has 2 heterocycles. The van der Waals surface area contributed by atoms with E-state index in [9.17, 15) is 8.42 Å². The number of aromatic nitrogens is 2. The van der Waals surface area contributed by atoms with Gasteiger partial charge in [-0.05, 0) is 55.9 Å². The number of rotatable bonds is 4. The van der Waals surface area contributed by atoms with Crippen LogP contribution in [0.4, 0.5) is 11.5 Å². The maximum Gasteiger partial charge on any atom is 0.242 e. The van der Waals surface area contributed by atoms with Gasteiger partial charge in [0.15, 0.2) is 0 Å². The SMILES string of the molecule is Cc1nc(Nc2cccc(S(=O)(=O)N(C)C)c2)c2c3c(sc2n1)C[C@H](C)CC3. The molecular weight excluding hydrogens is 392 g/mol. The highest BCUT2D eigenvalue weighted by Gasteiger charge is 2.24. The van der Waals surface area contributed by atoms with Gasteiger partial charge in [0.2, 0.25) is 10.0 Å². The van der Waals surface area contributed by atoms with Crippen LogP contribution in [0, 0.1) is 12.8 Å². The number of nitrogens with zero attached hydrogens (tertiary/aromatic N) is 3. The first-order valence-corrected chi connectivity index (χ1v) is 11.6.